The first-order valence-corrected chi connectivity index (χ1v) is 12.4. The fourth-order valence-electron chi connectivity index (χ4n) is 4.72. The van der Waals surface area contributed by atoms with Crippen molar-refractivity contribution in [2.75, 3.05) is 38.4 Å². The summed E-state index contributed by atoms with van der Waals surface area (Å²) in [5, 5.41) is 8.66. The number of Topliss-reactive ketones (excluding diaryl/α,β-unsaturated/α-hetero) is 1. The Morgan fingerprint density at radius 3 is 2.46 bits per heavy atom. The van der Waals surface area contributed by atoms with Gasteiger partial charge in [-0.2, -0.15) is 13.2 Å². The van der Waals surface area contributed by atoms with E-state index in [0.717, 1.165) is 16.8 Å². The molecule has 0 bridgehead atoms. The molecule has 1 aliphatic rings. The van der Waals surface area contributed by atoms with Crippen molar-refractivity contribution in [3.63, 3.8) is 0 Å². The summed E-state index contributed by atoms with van der Waals surface area (Å²) in [5.74, 6) is -5.21. The van der Waals surface area contributed by atoms with E-state index in [1.54, 1.807) is 6.08 Å². The van der Waals surface area contributed by atoms with Crippen molar-refractivity contribution in [3.8, 4) is 0 Å². The number of alkyl halides is 3. The van der Waals surface area contributed by atoms with Crippen LogP contribution in [0.5, 0.6) is 0 Å². The molecule has 10 heteroatoms. The summed E-state index contributed by atoms with van der Waals surface area (Å²) in [6.45, 7) is 7.61. The van der Waals surface area contributed by atoms with Gasteiger partial charge < -0.3 is 24.2 Å². The Kier molecular flexibility index (Phi) is 11.4. The van der Waals surface area contributed by atoms with Gasteiger partial charge in [0.05, 0.1) is 32.0 Å². The maximum atomic E-state index is 13.9. The third-order valence-electron chi connectivity index (χ3n) is 6.78. The summed E-state index contributed by atoms with van der Waals surface area (Å²) in [7, 11) is 1.20. The summed E-state index contributed by atoms with van der Waals surface area (Å²) in [6, 6.07) is 5.82. The van der Waals surface area contributed by atoms with Crippen LogP contribution < -0.4 is 4.90 Å². The molecule has 1 N–H and O–H groups in total. The number of aliphatic hydroxyl groups is 1. The quantitative estimate of drug-likeness (QED) is 0.231. The lowest BCUT2D eigenvalue weighted by molar-refractivity contribution is -0.199. The number of ether oxygens (including phenoxy) is 3. The highest BCUT2D eigenvalue weighted by atomic mass is 19.4. The van der Waals surface area contributed by atoms with E-state index in [0.29, 0.717) is 0 Å². The smallest absolute Gasteiger partial charge is 0.401 e. The molecule has 1 aliphatic carbocycles. The van der Waals surface area contributed by atoms with E-state index in [2.05, 4.69) is 0 Å². The van der Waals surface area contributed by atoms with Crippen LogP contribution in [0.15, 0.2) is 30.5 Å². The summed E-state index contributed by atoms with van der Waals surface area (Å²) in [6.07, 6.45) is -3.06. The fraction of sp³-hybridized carbons (Fsp3) is 0.630. The number of esters is 1. The minimum Gasteiger partial charge on any atom is -0.501 e. The minimum absolute atomic E-state index is 0.0145. The molecule has 1 aromatic carbocycles. The zero-order valence-electron chi connectivity index (χ0n) is 22.1. The number of aryl methyl sites for hydroxylation is 2. The van der Waals surface area contributed by atoms with E-state index in [1.807, 2.05) is 50.8 Å². The zero-order chi connectivity index (χ0) is 27.8. The van der Waals surface area contributed by atoms with Crippen LogP contribution in [0.2, 0.25) is 0 Å². The van der Waals surface area contributed by atoms with Gasteiger partial charge in [0.2, 0.25) is 0 Å². The second kappa shape index (κ2) is 13.8. The molecule has 1 saturated carbocycles. The van der Waals surface area contributed by atoms with Gasteiger partial charge in [0.1, 0.15) is 12.5 Å². The number of ketones is 1. The molecule has 0 heterocycles. The van der Waals surface area contributed by atoms with Crippen LogP contribution in [0.3, 0.4) is 0 Å². The molecule has 7 nitrogen and oxygen atoms in total. The Hall–Kier alpha value is -2.59. The maximum absolute atomic E-state index is 13.9. The van der Waals surface area contributed by atoms with Gasteiger partial charge in [-0.1, -0.05) is 6.07 Å². The van der Waals surface area contributed by atoms with Crippen molar-refractivity contribution in [2.24, 2.45) is 17.8 Å². The molecule has 0 radical (unpaired) electrons. The monoisotopic (exact) mass is 529 g/mol. The van der Waals surface area contributed by atoms with E-state index >= 15 is 0 Å². The van der Waals surface area contributed by atoms with Crippen molar-refractivity contribution < 1.29 is 42.1 Å². The van der Waals surface area contributed by atoms with Gasteiger partial charge in [0.15, 0.2) is 5.78 Å². The molecule has 1 fully saturated rings. The number of rotatable bonds is 13. The van der Waals surface area contributed by atoms with Gasteiger partial charge in [0.25, 0.3) is 0 Å². The number of hydrogen-bond donors (Lipinski definition) is 1. The number of halogens is 3. The number of hydrogen-bond acceptors (Lipinski definition) is 7. The molecule has 4 atom stereocenters. The Morgan fingerprint density at radius 2 is 1.89 bits per heavy atom. The average Bonchev–Trinajstić information content (AvgIpc) is 3.10. The second-order valence-corrected chi connectivity index (χ2v) is 9.58. The number of anilines is 1. The number of nitrogens with zero attached hydrogens (tertiary/aromatic N) is 1. The lowest BCUT2D eigenvalue weighted by Crippen LogP contribution is -2.40. The van der Waals surface area contributed by atoms with Crippen LogP contribution in [-0.2, 0) is 23.8 Å². The van der Waals surface area contributed by atoms with Crippen LogP contribution in [0.1, 0.15) is 37.8 Å². The normalized spacial score (nSPS) is 22.2. The molecule has 2 rings (SSSR count). The first-order chi connectivity index (χ1) is 17.4. The van der Waals surface area contributed by atoms with Gasteiger partial charge in [-0.25, -0.2) is 0 Å². The van der Waals surface area contributed by atoms with Crippen molar-refractivity contribution in [1.82, 2.24) is 0 Å². The molecule has 0 spiro atoms. The van der Waals surface area contributed by atoms with Gasteiger partial charge in [-0.05, 0) is 63.5 Å². The largest absolute Gasteiger partial charge is 0.501 e. The SMILES string of the molecule is COC1C(C(F)(F)F)C(=O)[C@H](CN(c2ccc(C)c(C)c2)C(C)C)[C@H]1C/C=C\OCCC(=O)OCCO. The molecule has 1 aromatic rings. The summed E-state index contributed by atoms with van der Waals surface area (Å²) in [4.78, 5) is 26.6. The van der Waals surface area contributed by atoms with E-state index in [9.17, 15) is 22.8 Å². The van der Waals surface area contributed by atoms with Crippen LogP contribution in [0, 0.1) is 31.6 Å². The Bertz CT molecular complexity index is 933. The first kappa shape index (κ1) is 30.6. The molecular weight excluding hydrogens is 491 g/mol. The minimum atomic E-state index is -4.72. The predicted octanol–water partition coefficient (Wildman–Crippen LogP) is 4.37. The highest BCUT2D eigenvalue weighted by molar-refractivity contribution is 5.88. The Balaban J connectivity index is 2.21. The number of benzene rings is 1. The van der Waals surface area contributed by atoms with Gasteiger partial charge >= 0.3 is 12.1 Å². The number of allylic oxidation sites excluding steroid dienone is 1. The predicted molar refractivity (Wildman–Crippen MR) is 133 cm³/mol. The summed E-state index contributed by atoms with van der Waals surface area (Å²) >= 11 is 0. The Morgan fingerprint density at radius 1 is 1.19 bits per heavy atom. The third kappa shape index (κ3) is 8.20. The molecule has 0 saturated heterocycles. The van der Waals surface area contributed by atoms with Gasteiger partial charge in [-0.15, -0.1) is 0 Å². The van der Waals surface area contributed by atoms with Crippen LogP contribution in [0.4, 0.5) is 18.9 Å². The standard InChI is InChI=1S/C27H38F3NO6/c1-17(2)31(20-9-8-18(3)19(4)15-20)16-22-21(26(35-5)24(25(22)34)27(28,29)30)7-6-12-36-13-10-23(33)37-14-11-32/h6,8-9,12,15,17,21-22,24,26,32H,7,10-11,13-14,16H2,1-5H3/b12-6-/t21-,22-,24?,26?/m1/s1. The van der Waals surface area contributed by atoms with Crippen molar-refractivity contribution in [1.29, 1.82) is 0 Å². The van der Waals surface area contributed by atoms with Crippen LogP contribution in [0.25, 0.3) is 0 Å². The van der Waals surface area contributed by atoms with Crippen molar-refractivity contribution >= 4 is 17.4 Å². The molecule has 0 amide bonds. The lowest BCUT2D eigenvalue weighted by Gasteiger charge is -2.34. The number of aliphatic hydroxyl groups excluding tert-OH is 1. The maximum Gasteiger partial charge on any atom is 0.401 e. The number of carbonyl (C=O) groups is 2. The Labute approximate surface area is 216 Å². The number of carbonyl (C=O) groups excluding carboxylic acids is 2. The van der Waals surface area contributed by atoms with Gasteiger partial charge in [0, 0.05) is 37.2 Å². The first-order valence-electron chi connectivity index (χ1n) is 12.4. The van der Waals surface area contributed by atoms with Crippen molar-refractivity contribution in [2.45, 2.75) is 58.9 Å². The van der Waals surface area contributed by atoms with E-state index in [1.165, 1.54) is 13.4 Å². The highest BCUT2D eigenvalue weighted by Gasteiger charge is 2.60. The van der Waals surface area contributed by atoms with Crippen molar-refractivity contribution in [3.05, 3.63) is 41.7 Å². The number of methoxy groups -OCH3 is 1. The second-order valence-electron chi connectivity index (χ2n) is 9.58. The van der Waals surface area contributed by atoms with Crippen LogP contribution >= 0.6 is 0 Å². The summed E-state index contributed by atoms with van der Waals surface area (Å²) < 4.78 is 57.1. The molecule has 37 heavy (non-hydrogen) atoms. The van der Waals surface area contributed by atoms with Gasteiger partial charge in [-0.3, -0.25) is 9.59 Å². The molecular formula is C27H38F3NO6. The van der Waals surface area contributed by atoms with E-state index in [-0.39, 0.29) is 45.2 Å². The lowest BCUT2D eigenvalue weighted by atomic mass is 9.90. The molecule has 0 aromatic heterocycles. The average molecular weight is 530 g/mol. The topological polar surface area (TPSA) is 85.3 Å². The van der Waals surface area contributed by atoms with E-state index in [4.69, 9.17) is 19.3 Å². The van der Waals surface area contributed by atoms with E-state index < -0.39 is 41.8 Å². The van der Waals surface area contributed by atoms with Crippen LogP contribution in [-0.4, -0.2) is 68.7 Å². The third-order valence-corrected chi connectivity index (χ3v) is 6.78. The summed E-state index contributed by atoms with van der Waals surface area (Å²) in [5.41, 5.74) is 3.01. The molecule has 208 valence electrons. The molecule has 2 unspecified atom stereocenters. The fourth-order valence-corrected chi connectivity index (χ4v) is 4.72. The molecule has 0 aliphatic heterocycles. The zero-order valence-corrected chi connectivity index (χ0v) is 22.1. The highest BCUT2D eigenvalue weighted by Crippen LogP contribution is 2.46.